The van der Waals surface area contributed by atoms with Crippen LogP contribution in [0.1, 0.15) is 44.0 Å². The summed E-state index contributed by atoms with van der Waals surface area (Å²) >= 11 is 12.8. The summed E-state index contributed by atoms with van der Waals surface area (Å²) < 4.78 is 0.725. The largest absolute Gasteiger partial charge is 0.481 e. The number of halogens is 2. The first-order chi connectivity index (χ1) is 9.08. The summed E-state index contributed by atoms with van der Waals surface area (Å²) in [4.78, 5) is 23.0. The van der Waals surface area contributed by atoms with Crippen LogP contribution in [-0.4, -0.2) is 23.0 Å². The zero-order valence-corrected chi connectivity index (χ0v) is 13.8. The highest BCUT2D eigenvalue weighted by molar-refractivity contribution is 7.20. The van der Waals surface area contributed by atoms with Crippen LogP contribution in [0.4, 0.5) is 0 Å². The zero-order chi connectivity index (χ0) is 15.5. The first-order valence-electron chi connectivity index (χ1n) is 6.06. The molecule has 0 bridgehead atoms. The number of hydrogen-bond donors (Lipinski definition) is 2. The molecule has 4 nitrogen and oxygen atoms in total. The van der Waals surface area contributed by atoms with Crippen molar-refractivity contribution >= 4 is 46.4 Å². The maximum atomic E-state index is 12.1. The summed E-state index contributed by atoms with van der Waals surface area (Å²) in [5.41, 5.74) is 0.190. The third-order valence-corrected chi connectivity index (χ3v) is 4.00. The van der Waals surface area contributed by atoms with Crippen LogP contribution in [0.2, 0.25) is 8.67 Å². The van der Waals surface area contributed by atoms with Crippen LogP contribution in [0, 0.1) is 5.41 Å². The molecule has 0 spiro atoms. The van der Waals surface area contributed by atoms with Crippen molar-refractivity contribution < 1.29 is 14.7 Å². The molecule has 1 amide bonds. The van der Waals surface area contributed by atoms with Gasteiger partial charge in [0.1, 0.15) is 4.34 Å². The molecule has 0 saturated carbocycles. The van der Waals surface area contributed by atoms with Crippen LogP contribution in [0.5, 0.6) is 0 Å². The molecule has 0 radical (unpaired) electrons. The number of rotatable bonds is 5. The van der Waals surface area contributed by atoms with Crippen molar-refractivity contribution in [1.82, 2.24) is 5.32 Å². The Hall–Kier alpha value is -0.780. The van der Waals surface area contributed by atoms with Crippen molar-refractivity contribution in [2.75, 3.05) is 0 Å². The van der Waals surface area contributed by atoms with Gasteiger partial charge in [0.05, 0.1) is 16.3 Å². The van der Waals surface area contributed by atoms with Crippen molar-refractivity contribution in [2.24, 2.45) is 5.41 Å². The Morgan fingerprint density at radius 2 is 2.00 bits per heavy atom. The maximum absolute atomic E-state index is 12.1. The van der Waals surface area contributed by atoms with E-state index in [9.17, 15) is 9.59 Å². The highest BCUT2D eigenvalue weighted by Crippen LogP contribution is 2.31. The summed E-state index contributed by atoms with van der Waals surface area (Å²) in [6, 6.07) is 1.04. The van der Waals surface area contributed by atoms with Gasteiger partial charge in [-0.3, -0.25) is 9.59 Å². The van der Waals surface area contributed by atoms with Crippen LogP contribution in [0.15, 0.2) is 6.07 Å². The lowest BCUT2D eigenvalue weighted by Gasteiger charge is -2.25. The molecule has 0 aliphatic carbocycles. The molecule has 0 saturated heterocycles. The Labute approximate surface area is 132 Å². The molecule has 1 heterocycles. The summed E-state index contributed by atoms with van der Waals surface area (Å²) in [6.07, 6.45) is 0.430. The number of carbonyl (C=O) groups is 2. The summed E-state index contributed by atoms with van der Waals surface area (Å²) in [5.74, 6) is -1.34. The van der Waals surface area contributed by atoms with Crippen molar-refractivity contribution in [1.29, 1.82) is 0 Å². The van der Waals surface area contributed by atoms with E-state index in [4.69, 9.17) is 28.3 Å². The van der Waals surface area contributed by atoms with Gasteiger partial charge in [-0.15, -0.1) is 11.3 Å². The monoisotopic (exact) mass is 337 g/mol. The van der Waals surface area contributed by atoms with Gasteiger partial charge in [0.25, 0.3) is 5.91 Å². The van der Waals surface area contributed by atoms with Crippen molar-refractivity contribution in [2.45, 2.75) is 39.7 Å². The van der Waals surface area contributed by atoms with E-state index in [1.54, 1.807) is 0 Å². The lowest BCUT2D eigenvalue weighted by Crippen LogP contribution is -2.39. The van der Waals surface area contributed by atoms with Crippen molar-refractivity contribution in [3.8, 4) is 0 Å². The molecule has 112 valence electrons. The molecule has 7 heteroatoms. The first kappa shape index (κ1) is 17.3. The van der Waals surface area contributed by atoms with Crippen LogP contribution in [0.25, 0.3) is 0 Å². The smallest absolute Gasteiger partial charge is 0.305 e. The normalized spacial score (nSPS) is 13.1. The second-order valence-corrected chi connectivity index (χ2v) is 8.06. The molecule has 1 aromatic heterocycles. The number of amides is 1. The average molecular weight is 338 g/mol. The lowest BCUT2D eigenvalue weighted by molar-refractivity contribution is -0.137. The van der Waals surface area contributed by atoms with Gasteiger partial charge in [-0.05, 0) is 17.9 Å². The second-order valence-electron chi connectivity index (χ2n) is 5.77. The third-order valence-electron chi connectivity index (χ3n) is 2.52. The highest BCUT2D eigenvalue weighted by Gasteiger charge is 2.24. The Morgan fingerprint density at radius 1 is 1.40 bits per heavy atom. The van der Waals surface area contributed by atoms with Gasteiger partial charge in [0.2, 0.25) is 0 Å². The van der Waals surface area contributed by atoms with Crippen LogP contribution < -0.4 is 5.32 Å². The zero-order valence-electron chi connectivity index (χ0n) is 11.5. The molecule has 0 fully saturated rings. The van der Waals surface area contributed by atoms with E-state index in [1.165, 1.54) is 6.07 Å². The molecule has 2 N–H and O–H groups in total. The number of hydrogen-bond acceptors (Lipinski definition) is 3. The van der Waals surface area contributed by atoms with E-state index < -0.39 is 17.9 Å². The minimum Gasteiger partial charge on any atom is -0.481 e. The Balaban J connectivity index is 2.81. The highest BCUT2D eigenvalue weighted by atomic mass is 35.5. The lowest BCUT2D eigenvalue weighted by atomic mass is 9.87. The fourth-order valence-electron chi connectivity index (χ4n) is 1.88. The molecule has 1 rings (SSSR count). The average Bonchev–Trinajstić information content (AvgIpc) is 2.53. The van der Waals surface area contributed by atoms with Gasteiger partial charge in [-0.25, -0.2) is 0 Å². The van der Waals surface area contributed by atoms with Gasteiger partial charge in [-0.2, -0.15) is 0 Å². The predicted octanol–water partition coefficient (Wildman–Crippen LogP) is 4.06. The Bertz CT molecular complexity index is 508. The van der Waals surface area contributed by atoms with E-state index in [0.717, 1.165) is 11.3 Å². The van der Waals surface area contributed by atoms with Gasteiger partial charge in [-0.1, -0.05) is 44.0 Å². The number of nitrogens with one attached hydrogen (secondary N) is 1. The van der Waals surface area contributed by atoms with Crippen LogP contribution in [0.3, 0.4) is 0 Å². The van der Waals surface area contributed by atoms with Gasteiger partial charge >= 0.3 is 5.97 Å². The van der Waals surface area contributed by atoms with E-state index in [2.05, 4.69) is 5.32 Å². The number of thiophene rings is 1. The van der Waals surface area contributed by atoms with Crippen molar-refractivity contribution in [3.63, 3.8) is 0 Å². The van der Waals surface area contributed by atoms with E-state index >= 15 is 0 Å². The topological polar surface area (TPSA) is 66.4 Å². The number of carboxylic acids is 1. The van der Waals surface area contributed by atoms with Crippen LogP contribution >= 0.6 is 34.5 Å². The number of carboxylic acid groups (broad SMARTS) is 1. The summed E-state index contributed by atoms with van der Waals surface area (Å²) in [5, 5.41) is 11.6. The molecular weight excluding hydrogens is 321 g/mol. The van der Waals surface area contributed by atoms with Crippen LogP contribution in [-0.2, 0) is 4.79 Å². The predicted molar refractivity (Wildman–Crippen MR) is 81.9 cm³/mol. The molecule has 1 atom stereocenters. The van der Waals surface area contributed by atoms with E-state index in [-0.39, 0.29) is 17.4 Å². The minimum absolute atomic E-state index is 0.0938. The number of carbonyl (C=O) groups excluding carboxylic acids is 1. The molecule has 20 heavy (non-hydrogen) atoms. The minimum atomic E-state index is -0.950. The number of aliphatic carboxylic acids is 1. The molecule has 0 aromatic carbocycles. The second kappa shape index (κ2) is 6.78. The molecule has 0 aliphatic heterocycles. The van der Waals surface area contributed by atoms with E-state index in [1.807, 2.05) is 20.8 Å². The fraction of sp³-hybridized carbons (Fsp3) is 0.538. The first-order valence-corrected chi connectivity index (χ1v) is 7.63. The van der Waals surface area contributed by atoms with Gasteiger partial charge in [0, 0.05) is 6.04 Å². The SMILES string of the molecule is CC(C)(C)CC(CC(=O)O)NC(=O)c1cc(Cl)sc1Cl. The van der Waals surface area contributed by atoms with E-state index in [0.29, 0.717) is 15.1 Å². The molecular formula is C13H17Cl2NO3S. The third kappa shape index (κ3) is 5.69. The molecule has 0 aliphatic rings. The van der Waals surface area contributed by atoms with Gasteiger partial charge < -0.3 is 10.4 Å². The summed E-state index contributed by atoms with van der Waals surface area (Å²) in [6.45, 7) is 5.97. The maximum Gasteiger partial charge on any atom is 0.305 e. The quantitative estimate of drug-likeness (QED) is 0.851. The molecule has 1 aromatic rings. The Kier molecular flexibility index (Phi) is 5.86. The summed E-state index contributed by atoms with van der Waals surface area (Å²) in [7, 11) is 0. The Morgan fingerprint density at radius 3 is 2.40 bits per heavy atom. The van der Waals surface area contributed by atoms with Gasteiger partial charge in [0.15, 0.2) is 0 Å². The standard InChI is InChI=1S/C13H17Cl2NO3S/c1-13(2,3)6-7(4-10(17)18)16-12(19)8-5-9(14)20-11(8)15/h5,7H,4,6H2,1-3H3,(H,16,19)(H,17,18). The molecule has 1 unspecified atom stereocenters. The van der Waals surface area contributed by atoms with Crippen molar-refractivity contribution in [3.05, 3.63) is 20.3 Å². The fourth-order valence-corrected chi connectivity index (χ4v) is 3.34.